The van der Waals surface area contributed by atoms with Crippen LogP contribution in [-0.4, -0.2) is 18.8 Å². The lowest BCUT2D eigenvalue weighted by Gasteiger charge is -2.13. The maximum Gasteiger partial charge on any atom is 0.133 e. The van der Waals surface area contributed by atoms with Gasteiger partial charge in [0.15, 0.2) is 0 Å². The summed E-state index contributed by atoms with van der Waals surface area (Å²) in [5, 5.41) is 8.95. The monoisotopic (exact) mass is 323 g/mol. The summed E-state index contributed by atoms with van der Waals surface area (Å²) < 4.78 is 6.83. The second-order valence-corrected chi connectivity index (χ2v) is 4.51. The van der Waals surface area contributed by atoms with E-state index in [9.17, 15) is 0 Å². The van der Waals surface area contributed by atoms with Gasteiger partial charge in [-0.1, -0.05) is 15.9 Å². The van der Waals surface area contributed by atoms with Crippen LogP contribution in [0.5, 0.6) is 5.75 Å². The van der Waals surface area contributed by atoms with Crippen molar-refractivity contribution in [2.24, 2.45) is 5.73 Å². The predicted molar refractivity (Wildman–Crippen MR) is 62.4 cm³/mol. The van der Waals surface area contributed by atoms with Crippen molar-refractivity contribution in [3.63, 3.8) is 0 Å². The van der Waals surface area contributed by atoms with E-state index in [1.54, 1.807) is 13.2 Å². The smallest absolute Gasteiger partial charge is 0.133 e. The molecule has 0 bridgehead atoms. The van der Waals surface area contributed by atoms with E-state index in [-0.39, 0.29) is 6.61 Å². The number of rotatable bonds is 3. The third kappa shape index (κ3) is 2.48. The lowest BCUT2D eigenvalue weighted by atomic mass is 10.1. The van der Waals surface area contributed by atoms with Gasteiger partial charge in [-0.25, -0.2) is 0 Å². The zero-order valence-corrected chi connectivity index (χ0v) is 10.8. The van der Waals surface area contributed by atoms with E-state index in [1.807, 2.05) is 6.07 Å². The molecule has 1 aromatic carbocycles. The van der Waals surface area contributed by atoms with Crippen molar-refractivity contribution in [2.45, 2.75) is 6.04 Å². The Morgan fingerprint density at radius 2 is 2.07 bits per heavy atom. The molecule has 0 aliphatic rings. The van der Waals surface area contributed by atoms with Gasteiger partial charge in [0.05, 0.1) is 24.2 Å². The molecule has 14 heavy (non-hydrogen) atoms. The number of ether oxygens (including phenoxy) is 1. The van der Waals surface area contributed by atoms with Crippen LogP contribution in [0.25, 0.3) is 0 Å². The first-order valence-electron chi connectivity index (χ1n) is 3.99. The van der Waals surface area contributed by atoms with Gasteiger partial charge in [0.1, 0.15) is 5.75 Å². The zero-order valence-electron chi connectivity index (χ0n) is 7.63. The van der Waals surface area contributed by atoms with Crippen molar-refractivity contribution < 1.29 is 9.84 Å². The molecular weight excluding hydrogens is 314 g/mol. The normalized spacial score (nSPS) is 12.6. The first-order chi connectivity index (χ1) is 6.60. The Kier molecular flexibility index (Phi) is 4.37. The molecule has 3 N–H and O–H groups in total. The van der Waals surface area contributed by atoms with Gasteiger partial charge in [0.25, 0.3) is 0 Å². The molecule has 0 radical (unpaired) electrons. The van der Waals surface area contributed by atoms with Gasteiger partial charge in [-0.3, -0.25) is 0 Å². The van der Waals surface area contributed by atoms with E-state index in [0.29, 0.717) is 5.75 Å². The van der Waals surface area contributed by atoms with Gasteiger partial charge in [-0.2, -0.15) is 0 Å². The maximum atomic E-state index is 8.95. The lowest BCUT2D eigenvalue weighted by molar-refractivity contribution is 0.267. The number of nitrogens with two attached hydrogens (primary N) is 1. The molecule has 0 aromatic heterocycles. The lowest BCUT2D eigenvalue weighted by Crippen LogP contribution is -2.15. The quantitative estimate of drug-likeness (QED) is 0.896. The Bertz CT molecular complexity index is 331. The summed E-state index contributed by atoms with van der Waals surface area (Å²) in [7, 11) is 1.59. The number of aliphatic hydroxyl groups is 1. The molecule has 0 aliphatic heterocycles. The molecule has 78 valence electrons. The van der Waals surface area contributed by atoms with Crippen LogP contribution < -0.4 is 10.5 Å². The largest absolute Gasteiger partial charge is 0.496 e. The number of hydrogen-bond donors (Lipinski definition) is 2. The molecule has 0 saturated heterocycles. The van der Waals surface area contributed by atoms with E-state index < -0.39 is 6.04 Å². The van der Waals surface area contributed by atoms with Crippen LogP contribution in [0.15, 0.2) is 21.1 Å². The molecule has 5 heteroatoms. The van der Waals surface area contributed by atoms with Crippen molar-refractivity contribution in [3.05, 3.63) is 26.6 Å². The minimum atomic E-state index is -0.397. The molecule has 3 nitrogen and oxygen atoms in total. The molecule has 0 spiro atoms. The van der Waals surface area contributed by atoms with E-state index >= 15 is 0 Å². The summed E-state index contributed by atoms with van der Waals surface area (Å²) in [6.07, 6.45) is 0. The van der Waals surface area contributed by atoms with Crippen LogP contribution in [0.2, 0.25) is 0 Å². The van der Waals surface area contributed by atoms with Crippen LogP contribution in [0, 0.1) is 0 Å². The van der Waals surface area contributed by atoms with Gasteiger partial charge in [-0.05, 0) is 33.6 Å². The Morgan fingerprint density at radius 3 is 2.57 bits per heavy atom. The first kappa shape index (κ1) is 12.0. The van der Waals surface area contributed by atoms with Crippen molar-refractivity contribution >= 4 is 31.9 Å². The average Bonchev–Trinajstić information content (AvgIpc) is 2.17. The fraction of sp³-hybridized carbons (Fsp3) is 0.333. The number of benzene rings is 1. The van der Waals surface area contributed by atoms with Crippen molar-refractivity contribution in [1.29, 1.82) is 0 Å². The Labute approximate surface area is 99.5 Å². The number of halogens is 2. The van der Waals surface area contributed by atoms with Crippen LogP contribution in [0.3, 0.4) is 0 Å². The highest BCUT2D eigenvalue weighted by Gasteiger charge is 2.12. The Balaban J connectivity index is 3.17. The summed E-state index contributed by atoms with van der Waals surface area (Å²) in [5.74, 6) is 0.701. The first-order valence-corrected chi connectivity index (χ1v) is 5.58. The second kappa shape index (κ2) is 5.11. The highest BCUT2D eigenvalue weighted by Crippen LogP contribution is 2.33. The molecule has 0 heterocycles. The zero-order chi connectivity index (χ0) is 10.7. The summed E-state index contributed by atoms with van der Waals surface area (Å²) >= 11 is 6.73. The summed E-state index contributed by atoms with van der Waals surface area (Å²) in [6, 6.07) is 3.25. The van der Waals surface area contributed by atoms with Crippen LogP contribution in [0.1, 0.15) is 11.6 Å². The minimum Gasteiger partial charge on any atom is -0.496 e. The fourth-order valence-electron chi connectivity index (χ4n) is 1.08. The van der Waals surface area contributed by atoms with E-state index in [4.69, 9.17) is 15.6 Å². The average molecular weight is 325 g/mol. The minimum absolute atomic E-state index is 0.0939. The van der Waals surface area contributed by atoms with Crippen LogP contribution in [-0.2, 0) is 0 Å². The number of aliphatic hydroxyl groups excluding tert-OH is 1. The van der Waals surface area contributed by atoms with E-state index in [2.05, 4.69) is 31.9 Å². The molecule has 0 amide bonds. The molecule has 1 aromatic rings. The molecule has 0 aliphatic carbocycles. The molecule has 1 unspecified atom stereocenters. The third-order valence-electron chi connectivity index (χ3n) is 1.87. The second-order valence-electron chi connectivity index (χ2n) is 2.80. The topological polar surface area (TPSA) is 55.5 Å². The summed E-state index contributed by atoms with van der Waals surface area (Å²) in [4.78, 5) is 0. The third-order valence-corrected chi connectivity index (χ3v) is 3.17. The van der Waals surface area contributed by atoms with Crippen molar-refractivity contribution in [2.75, 3.05) is 13.7 Å². The SMILES string of the molecule is COc1cc(C(N)CO)c(Br)cc1Br. The van der Waals surface area contributed by atoms with Gasteiger partial charge < -0.3 is 15.6 Å². The van der Waals surface area contributed by atoms with Gasteiger partial charge in [0.2, 0.25) is 0 Å². The van der Waals surface area contributed by atoms with Crippen molar-refractivity contribution in [3.8, 4) is 5.75 Å². The fourth-order valence-corrected chi connectivity index (χ4v) is 2.53. The highest BCUT2D eigenvalue weighted by atomic mass is 79.9. The van der Waals surface area contributed by atoms with Gasteiger partial charge in [0, 0.05) is 4.47 Å². The standard InChI is InChI=1S/C9H11Br2NO2/c1-14-9-2-5(8(12)4-13)6(10)3-7(9)11/h2-3,8,13H,4,12H2,1H3. The highest BCUT2D eigenvalue weighted by molar-refractivity contribution is 9.11. The molecular formula is C9H11Br2NO2. The summed E-state index contributed by atoms with van der Waals surface area (Å²) in [5.41, 5.74) is 6.54. The Hall–Kier alpha value is -0.100. The maximum absolute atomic E-state index is 8.95. The number of methoxy groups -OCH3 is 1. The molecule has 0 saturated carbocycles. The Morgan fingerprint density at radius 1 is 1.43 bits per heavy atom. The predicted octanol–water partition coefficient (Wildman–Crippen LogP) is 2.21. The number of hydrogen-bond acceptors (Lipinski definition) is 3. The summed E-state index contributed by atoms with van der Waals surface area (Å²) in [6.45, 7) is -0.0939. The van der Waals surface area contributed by atoms with Crippen LogP contribution >= 0.6 is 31.9 Å². The molecule has 1 atom stereocenters. The van der Waals surface area contributed by atoms with Gasteiger partial charge in [-0.15, -0.1) is 0 Å². The van der Waals surface area contributed by atoms with Gasteiger partial charge >= 0.3 is 0 Å². The molecule has 1 rings (SSSR count). The van der Waals surface area contributed by atoms with E-state index in [1.165, 1.54) is 0 Å². The van der Waals surface area contributed by atoms with E-state index in [0.717, 1.165) is 14.5 Å². The van der Waals surface area contributed by atoms with Crippen molar-refractivity contribution in [1.82, 2.24) is 0 Å². The molecule has 0 fully saturated rings. The van der Waals surface area contributed by atoms with Crippen LogP contribution in [0.4, 0.5) is 0 Å².